The largest absolute Gasteiger partial charge is 0.457 e. The zero-order valence-electron chi connectivity index (χ0n) is 17.7. The molecule has 0 aliphatic rings. The summed E-state index contributed by atoms with van der Waals surface area (Å²) in [4.78, 5) is 12.5. The zero-order chi connectivity index (χ0) is 24.9. The van der Waals surface area contributed by atoms with Crippen molar-refractivity contribution in [3.05, 3.63) is 60.2 Å². The predicted octanol–water partition coefficient (Wildman–Crippen LogP) is 7.74. The van der Waals surface area contributed by atoms with Gasteiger partial charge in [0.15, 0.2) is 0 Å². The van der Waals surface area contributed by atoms with E-state index in [1.54, 1.807) is 48.5 Å². The van der Waals surface area contributed by atoms with Gasteiger partial charge < -0.3 is 9.47 Å². The molecule has 2 aromatic rings. The summed E-state index contributed by atoms with van der Waals surface area (Å²) in [6.45, 7) is 2.98. The summed E-state index contributed by atoms with van der Waals surface area (Å²) in [5.41, 5.74) is -0.783. The monoisotopic (exact) mass is 521 g/mol. The van der Waals surface area contributed by atoms with E-state index in [9.17, 15) is 23.2 Å². The van der Waals surface area contributed by atoms with Gasteiger partial charge in [-0.2, -0.15) is 18.4 Å². The fraction of sp³-hybridized carbons (Fsp3) is 0.391. The first-order chi connectivity index (χ1) is 15.2. The third-order valence-corrected chi connectivity index (χ3v) is 6.29. The summed E-state index contributed by atoms with van der Waals surface area (Å²) in [5.74, 6) is 0.209. The number of halogens is 6. The Morgan fingerprint density at radius 2 is 1.67 bits per heavy atom. The number of hydrogen-bond acceptors (Lipinski definition) is 4. The fourth-order valence-electron chi connectivity index (χ4n) is 2.81. The van der Waals surface area contributed by atoms with Crippen molar-refractivity contribution in [3.8, 4) is 17.6 Å². The van der Waals surface area contributed by atoms with E-state index in [1.807, 2.05) is 12.1 Å². The molecule has 10 heteroatoms. The van der Waals surface area contributed by atoms with Crippen molar-refractivity contribution in [3.63, 3.8) is 0 Å². The molecule has 0 aromatic heterocycles. The Bertz CT molecular complexity index is 992. The van der Waals surface area contributed by atoms with Gasteiger partial charge in [0, 0.05) is 17.4 Å². The number of rotatable bonds is 9. The number of para-hydroxylation sites is 1. The molecule has 4 nitrogen and oxygen atoms in total. The van der Waals surface area contributed by atoms with Crippen molar-refractivity contribution in [2.45, 2.75) is 48.7 Å². The van der Waals surface area contributed by atoms with Crippen molar-refractivity contribution < 1.29 is 27.4 Å². The second-order valence-corrected chi connectivity index (χ2v) is 10.0. The average Bonchev–Trinajstić information content (AvgIpc) is 2.71. The molecule has 0 saturated carbocycles. The molecule has 178 valence electrons. The third-order valence-electron chi connectivity index (χ3n) is 4.80. The Morgan fingerprint density at radius 3 is 2.24 bits per heavy atom. The predicted molar refractivity (Wildman–Crippen MR) is 121 cm³/mol. The molecule has 0 spiro atoms. The number of benzene rings is 2. The SMILES string of the molecule is CC(C)(CC(=O)OC(C#N)c1cccc(Oc2ccccc2)c1)C(Cl)CC(Cl)(Cl)C(F)(F)F. The molecule has 2 aromatic carbocycles. The second kappa shape index (κ2) is 10.9. The highest BCUT2D eigenvalue weighted by Gasteiger charge is 2.54. The van der Waals surface area contributed by atoms with E-state index in [2.05, 4.69) is 0 Å². The first-order valence-corrected chi connectivity index (χ1v) is 10.9. The van der Waals surface area contributed by atoms with Crippen LogP contribution in [0.3, 0.4) is 0 Å². The van der Waals surface area contributed by atoms with Crippen LogP contribution in [0.25, 0.3) is 0 Å². The molecular formula is C23H21Cl3F3NO3. The molecular weight excluding hydrogens is 502 g/mol. The van der Waals surface area contributed by atoms with E-state index >= 15 is 0 Å². The van der Waals surface area contributed by atoms with Crippen molar-refractivity contribution in [2.24, 2.45) is 5.41 Å². The molecule has 0 heterocycles. The molecule has 0 aliphatic heterocycles. The maximum atomic E-state index is 13.0. The summed E-state index contributed by atoms with van der Waals surface area (Å²) < 4.78 is 46.8. The van der Waals surface area contributed by atoms with Gasteiger partial charge in [-0.05, 0) is 29.7 Å². The smallest absolute Gasteiger partial charge is 0.421 e. The molecule has 0 radical (unpaired) electrons. The molecule has 2 unspecified atom stereocenters. The lowest BCUT2D eigenvalue weighted by Gasteiger charge is -2.33. The minimum atomic E-state index is -4.89. The Kier molecular flexibility index (Phi) is 8.92. The zero-order valence-corrected chi connectivity index (χ0v) is 20.0. The molecule has 0 amide bonds. The van der Waals surface area contributed by atoms with Crippen LogP contribution in [0, 0.1) is 16.7 Å². The lowest BCUT2D eigenvalue weighted by atomic mass is 9.83. The Labute approximate surface area is 205 Å². The van der Waals surface area contributed by atoms with E-state index in [-0.39, 0.29) is 6.42 Å². The summed E-state index contributed by atoms with van der Waals surface area (Å²) in [7, 11) is 0. The molecule has 33 heavy (non-hydrogen) atoms. The minimum Gasteiger partial charge on any atom is -0.457 e. The number of ether oxygens (including phenoxy) is 2. The van der Waals surface area contributed by atoms with Gasteiger partial charge in [-0.15, -0.1) is 11.6 Å². The van der Waals surface area contributed by atoms with E-state index in [4.69, 9.17) is 44.3 Å². The van der Waals surface area contributed by atoms with Crippen molar-refractivity contribution in [1.29, 1.82) is 5.26 Å². The minimum absolute atomic E-state index is 0.360. The highest BCUT2D eigenvalue weighted by molar-refractivity contribution is 6.49. The van der Waals surface area contributed by atoms with Gasteiger partial charge in [-0.25, -0.2) is 0 Å². The maximum Gasteiger partial charge on any atom is 0.421 e. The molecule has 0 aliphatic carbocycles. The number of esters is 1. The van der Waals surface area contributed by atoms with E-state index in [0.29, 0.717) is 17.1 Å². The first-order valence-electron chi connectivity index (χ1n) is 9.76. The highest BCUT2D eigenvalue weighted by atomic mass is 35.5. The van der Waals surface area contributed by atoms with Crippen molar-refractivity contribution in [2.75, 3.05) is 0 Å². The van der Waals surface area contributed by atoms with Gasteiger partial charge in [-0.1, -0.05) is 67.4 Å². The second-order valence-electron chi connectivity index (χ2n) is 8.03. The number of nitrogens with zero attached hydrogens (tertiary/aromatic N) is 1. The van der Waals surface area contributed by atoms with Crippen molar-refractivity contribution >= 4 is 40.8 Å². The standard InChI is InChI=1S/C23H21Cl3F3NO3/c1-21(2,19(24)12-22(25,26)23(27,28)29)13-20(31)33-18(14-30)15-7-6-10-17(11-15)32-16-8-4-3-5-9-16/h3-11,18-19H,12-13H2,1-2H3. The summed E-state index contributed by atoms with van der Waals surface area (Å²) in [6.07, 6.45) is -7.33. The van der Waals surface area contributed by atoms with Crippen LogP contribution in [0.15, 0.2) is 54.6 Å². The van der Waals surface area contributed by atoms with E-state index in [0.717, 1.165) is 0 Å². The number of carbonyl (C=O) groups excluding carboxylic acids is 1. The molecule has 0 fully saturated rings. The van der Waals surface area contributed by atoms with Gasteiger partial charge in [0.1, 0.15) is 17.6 Å². The molecule has 0 N–H and O–H groups in total. The van der Waals surface area contributed by atoms with Crippen molar-refractivity contribution in [1.82, 2.24) is 0 Å². The summed E-state index contributed by atoms with van der Waals surface area (Å²) in [6, 6.07) is 17.3. The molecule has 0 bridgehead atoms. The van der Waals surface area contributed by atoms with Gasteiger partial charge in [0.2, 0.25) is 10.4 Å². The third kappa shape index (κ3) is 7.70. The van der Waals surface area contributed by atoms with Gasteiger partial charge >= 0.3 is 12.1 Å². The molecule has 2 atom stereocenters. The molecule has 2 rings (SSSR count). The quantitative estimate of drug-likeness (QED) is 0.250. The maximum absolute atomic E-state index is 13.0. The van der Waals surface area contributed by atoms with Crippen LogP contribution >= 0.6 is 34.8 Å². The normalized spacial score (nSPS) is 14.2. The highest BCUT2D eigenvalue weighted by Crippen LogP contribution is 2.47. The first kappa shape index (κ1) is 27.1. The summed E-state index contributed by atoms with van der Waals surface area (Å²) in [5, 5.41) is 8.30. The number of hydrogen-bond donors (Lipinski definition) is 0. The number of alkyl halides is 6. The van der Waals surface area contributed by atoms with Crippen LogP contribution in [0.5, 0.6) is 11.5 Å². The Hall–Kier alpha value is -2.14. The van der Waals surface area contributed by atoms with Crippen LogP contribution in [0.2, 0.25) is 0 Å². The van der Waals surface area contributed by atoms with Gasteiger partial charge in [0.25, 0.3) is 0 Å². The average molecular weight is 523 g/mol. The Balaban J connectivity index is 2.06. The Morgan fingerprint density at radius 1 is 1.06 bits per heavy atom. The van der Waals surface area contributed by atoms with Crippen LogP contribution in [-0.4, -0.2) is 21.9 Å². The van der Waals surface area contributed by atoms with Crippen LogP contribution in [-0.2, 0) is 9.53 Å². The van der Waals surface area contributed by atoms with E-state index < -0.39 is 39.8 Å². The summed E-state index contributed by atoms with van der Waals surface area (Å²) >= 11 is 16.9. The van der Waals surface area contributed by atoms with Crippen LogP contribution < -0.4 is 4.74 Å². The van der Waals surface area contributed by atoms with E-state index in [1.165, 1.54) is 13.8 Å². The van der Waals surface area contributed by atoms with Gasteiger partial charge in [0.05, 0.1) is 6.42 Å². The lowest BCUT2D eigenvalue weighted by molar-refractivity contribution is -0.150. The number of carbonyl (C=O) groups is 1. The molecule has 0 saturated heterocycles. The number of nitriles is 1. The van der Waals surface area contributed by atoms with Crippen LogP contribution in [0.1, 0.15) is 38.4 Å². The lowest BCUT2D eigenvalue weighted by Crippen LogP contribution is -2.40. The van der Waals surface area contributed by atoms with Crippen LogP contribution in [0.4, 0.5) is 13.2 Å². The van der Waals surface area contributed by atoms with Gasteiger partial charge in [-0.3, -0.25) is 4.79 Å². The topological polar surface area (TPSA) is 59.3 Å². The fourth-order valence-corrected chi connectivity index (χ4v) is 3.58.